The van der Waals surface area contributed by atoms with Crippen molar-refractivity contribution in [3.05, 3.63) is 29.8 Å². The minimum Gasteiger partial charge on any atom is -0.466 e. The van der Waals surface area contributed by atoms with Crippen LogP contribution in [0.5, 0.6) is 0 Å². The fourth-order valence-corrected chi connectivity index (χ4v) is 7.84. The number of rotatable bonds is 34. The van der Waals surface area contributed by atoms with Gasteiger partial charge in [-0.3, -0.25) is 9.59 Å². The quantitative estimate of drug-likeness (QED) is 0.0363. The Labute approximate surface area is 343 Å². The number of esters is 2. The third kappa shape index (κ3) is 25.3. The maximum absolute atomic E-state index is 12.4. The molecule has 56 heavy (non-hydrogen) atoms. The number of piperazine rings is 1. The molecule has 0 saturated carbocycles. The maximum atomic E-state index is 12.4. The Balaban J connectivity index is 1.66. The van der Waals surface area contributed by atoms with Crippen molar-refractivity contribution in [2.75, 3.05) is 59.6 Å². The minimum atomic E-state index is -0.477. The smallest absolute Gasteiger partial charge is 0.305 e. The summed E-state index contributed by atoms with van der Waals surface area (Å²) in [5.41, 5.74) is 8.41. The Morgan fingerprint density at radius 3 is 1.95 bits per heavy atom. The summed E-state index contributed by atoms with van der Waals surface area (Å²) in [6.07, 6.45) is 28.0. The van der Waals surface area contributed by atoms with Crippen molar-refractivity contribution in [3.8, 4) is 0 Å². The van der Waals surface area contributed by atoms with Crippen LogP contribution in [0.25, 0.3) is 0 Å². The molecule has 4 atom stereocenters. The molecule has 0 amide bonds. The summed E-state index contributed by atoms with van der Waals surface area (Å²) in [5.74, 6) is 0.359. The van der Waals surface area contributed by atoms with Gasteiger partial charge in [0.1, 0.15) is 0 Å². The van der Waals surface area contributed by atoms with Crippen LogP contribution >= 0.6 is 0 Å². The van der Waals surface area contributed by atoms with Gasteiger partial charge < -0.3 is 28.7 Å². The van der Waals surface area contributed by atoms with E-state index in [0.29, 0.717) is 44.5 Å². The molecule has 2 aliphatic heterocycles. The third-order valence-electron chi connectivity index (χ3n) is 11.7. The predicted molar refractivity (Wildman–Crippen MR) is 230 cm³/mol. The lowest BCUT2D eigenvalue weighted by atomic mass is 9.98. The number of unbranched alkanes of at least 4 members (excludes halogenated alkanes) is 12. The van der Waals surface area contributed by atoms with Crippen LogP contribution in [-0.2, 0) is 28.5 Å². The average molecular weight is 785 g/mol. The van der Waals surface area contributed by atoms with Gasteiger partial charge in [0, 0.05) is 58.4 Å². The van der Waals surface area contributed by atoms with Crippen molar-refractivity contribution in [3.63, 3.8) is 0 Å². The van der Waals surface area contributed by atoms with Crippen LogP contribution in [0.1, 0.15) is 181 Å². The minimum absolute atomic E-state index is 0.0404. The molecule has 2 saturated heterocycles. The van der Waals surface area contributed by atoms with Crippen LogP contribution in [0.2, 0.25) is 0 Å². The lowest BCUT2D eigenvalue weighted by Crippen LogP contribution is -2.45. The number of hydrogen-bond acceptors (Lipinski definition) is 8. The van der Waals surface area contributed by atoms with Crippen molar-refractivity contribution >= 4 is 11.9 Å². The average Bonchev–Trinajstić information content (AvgIpc) is 3.59. The highest BCUT2D eigenvalue weighted by atomic mass is 16.7. The van der Waals surface area contributed by atoms with Crippen molar-refractivity contribution in [1.29, 1.82) is 0 Å². The first kappa shape index (κ1) is 50.0. The zero-order valence-electron chi connectivity index (χ0n) is 36.7. The Bertz CT molecular complexity index is 1130. The molecule has 2 fully saturated rings. The molecule has 322 valence electrons. The fourth-order valence-electron chi connectivity index (χ4n) is 7.84. The maximum Gasteiger partial charge on any atom is 0.305 e. The van der Waals surface area contributed by atoms with Crippen LogP contribution < -0.4 is 0 Å². The molecule has 2 aliphatic rings. The zero-order valence-corrected chi connectivity index (χ0v) is 36.7. The number of likely N-dealkylation sites (N-methyl/N-ethyl adjacent to an activating group) is 1. The number of carbonyl (C=O) groups is 2. The largest absolute Gasteiger partial charge is 0.466 e. The Kier molecular flexibility index (Phi) is 29.3. The summed E-state index contributed by atoms with van der Waals surface area (Å²) in [5, 5.41) is 0. The van der Waals surface area contributed by atoms with Crippen molar-refractivity contribution in [2.24, 2.45) is 11.8 Å². The van der Waals surface area contributed by atoms with Gasteiger partial charge in [0.2, 0.25) is 0 Å². The highest BCUT2D eigenvalue weighted by molar-refractivity contribution is 5.69. The first-order valence-corrected chi connectivity index (χ1v) is 23.2. The van der Waals surface area contributed by atoms with E-state index in [1.54, 1.807) is 0 Å². The molecule has 0 bridgehead atoms. The summed E-state index contributed by atoms with van der Waals surface area (Å²) < 4.78 is 24.4. The van der Waals surface area contributed by atoms with Crippen molar-refractivity contribution in [1.82, 2.24) is 9.80 Å². The topological polar surface area (TPSA) is 77.5 Å². The number of ether oxygens (including phenoxy) is 4. The number of allylic oxidation sites excluding steroid dienone is 1. The highest BCUT2D eigenvalue weighted by Gasteiger charge is 2.40. The van der Waals surface area contributed by atoms with E-state index >= 15 is 0 Å². The lowest BCUT2D eigenvalue weighted by molar-refractivity contribution is -0.180. The first-order valence-electron chi connectivity index (χ1n) is 23.2. The van der Waals surface area contributed by atoms with E-state index < -0.39 is 5.79 Å². The molecule has 2 rings (SSSR count). The second kappa shape index (κ2) is 32.8. The Morgan fingerprint density at radius 1 is 0.768 bits per heavy atom. The monoisotopic (exact) mass is 785 g/mol. The highest BCUT2D eigenvalue weighted by Crippen LogP contribution is 2.36. The molecule has 0 aromatic rings. The van der Waals surface area contributed by atoms with Gasteiger partial charge in [-0.2, -0.15) is 0 Å². The molecular weight excluding hydrogens is 701 g/mol. The van der Waals surface area contributed by atoms with E-state index in [1.807, 2.05) is 6.08 Å². The number of carbonyl (C=O) groups excluding carboxylic acids is 2. The van der Waals surface area contributed by atoms with E-state index in [0.717, 1.165) is 135 Å². The normalized spacial score (nSPS) is 19.8. The zero-order chi connectivity index (χ0) is 40.5. The van der Waals surface area contributed by atoms with E-state index in [1.165, 1.54) is 44.9 Å². The molecule has 8 nitrogen and oxygen atoms in total. The summed E-state index contributed by atoms with van der Waals surface area (Å²) in [6, 6.07) is 0. The van der Waals surface area contributed by atoms with E-state index in [-0.39, 0.29) is 18.0 Å². The summed E-state index contributed by atoms with van der Waals surface area (Å²) >= 11 is 0. The molecule has 0 aromatic carbocycles. The van der Waals surface area contributed by atoms with E-state index in [9.17, 15) is 9.59 Å². The molecule has 4 unspecified atom stereocenters. The molecule has 2 heterocycles. The molecule has 0 radical (unpaired) electrons. The van der Waals surface area contributed by atoms with Gasteiger partial charge in [-0.15, -0.1) is 0 Å². The summed E-state index contributed by atoms with van der Waals surface area (Å²) in [7, 11) is 2.20. The SMILES string of the molecule is C=C=C=C=CC(CCCCC)CCOC(=O)CCCCCCCC1(CCCCCCCC(=O)OCCC(C)CCCCC)OCC(CCN2CCN(C)CC2)O1. The standard InChI is InChI=1S/C48H84N2O6/c1-6-9-18-25-43(4)31-40-53-46(51)28-21-14-12-16-23-33-48(55-42-45(56-48)30-35-50-38-36-49(5)37-39-50)34-24-17-13-15-22-29-47(52)54-41-32-44(26-19-10-7-2)27-20-11-8-3/h26,43-45H,2,6,8-9,11-18,20-25,27-42H2,1,3-5H3. The van der Waals surface area contributed by atoms with Crippen molar-refractivity contribution in [2.45, 2.75) is 193 Å². The predicted octanol–water partition coefficient (Wildman–Crippen LogP) is 11.1. The molecular formula is C48H84N2O6. The summed E-state index contributed by atoms with van der Waals surface area (Å²) in [4.78, 5) is 29.6. The van der Waals surface area contributed by atoms with Gasteiger partial charge in [-0.1, -0.05) is 116 Å². The third-order valence-corrected chi connectivity index (χ3v) is 11.7. The number of nitrogens with zero attached hydrogens (tertiary/aromatic N) is 2. The van der Waals surface area contributed by atoms with Gasteiger partial charge in [0.15, 0.2) is 5.79 Å². The van der Waals surface area contributed by atoms with E-state index in [2.05, 4.69) is 61.4 Å². The molecule has 8 heteroatoms. The summed E-state index contributed by atoms with van der Waals surface area (Å²) in [6.45, 7) is 17.6. The van der Waals surface area contributed by atoms with Gasteiger partial charge in [-0.25, -0.2) is 0 Å². The lowest BCUT2D eigenvalue weighted by Gasteiger charge is -2.33. The van der Waals surface area contributed by atoms with Crippen LogP contribution in [0.3, 0.4) is 0 Å². The van der Waals surface area contributed by atoms with Gasteiger partial charge in [-0.05, 0) is 88.6 Å². The second-order valence-corrected chi connectivity index (χ2v) is 16.9. The Morgan fingerprint density at radius 2 is 1.34 bits per heavy atom. The number of hydrogen-bond donors (Lipinski definition) is 0. The molecule has 0 N–H and O–H groups in total. The fraction of sp³-hybridized carbons (Fsp3) is 0.854. The Hall–Kier alpha value is -2.14. The van der Waals surface area contributed by atoms with Crippen LogP contribution in [-0.4, -0.2) is 93.2 Å². The van der Waals surface area contributed by atoms with Gasteiger partial charge >= 0.3 is 11.9 Å². The molecule has 0 spiro atoms. The van der Waals surface area contributed by atoms with Gasteiger partial charge in [0.25, 0.3) is 0 Å². The van der Waals surface area contributed by atoms with Crippen LogP contribution in [0.4, 0.5) is 0 Å². The van der Waals surface area contributed by atoms with Gasteiger partial charge in [0.05, 0.1) is 25.9 Å². The second-order valence-electron chi connectivity index (χ2n) is 16.9. The van der Waals surface area contributed by atoms with E-state index in [4.69, 9.17) is 18.9 Å². The van der Waals surface area contributed by atoms with Crippen molar-refractivity contribution < 1.29 is 28.5 Å². The van der Waals surface area contributed by atoms with Crippen LogP contribution in [0, 0.1) is 11.8 Å². The van der Waals surface area contributed by atoms with Crippen LogP contribution in [0.15, 0.2) is 29.8 Å². The first-order chi connectivity index (χ1) is 27.3. The molecule has 0 aromatic heterocycles. The molecule has 0 aliphatic carbocycles.